The number of ether oxygens (including phenoxy) is 1. The van der Waals surface area contributed by atoms with Crippen LogP contribution in [0.25, 0.3) is 10.8 Å². The average molecular weight is 579 g/mol. The summed E-state index contributed by atoms with van der Waals surface area (Å²) in [5, 5.41) is 17.5. The third-order valence-electron chi connectivity index (χ3n) is 7.13. The van der Waals surface area contributed by atoms with E-state index < -0.39 is 10.0 Å². The fourth-order valence-electron chi connectivity index (χ4n) is 5.17. The van der Waals surface area contributed by atoms with Crippen molar-refractivity contribution in [3.05, 3.63) is 71.3 Å². The number of nitrogens with zero attached hydrogens (tertiary/aromatic N) is 2. The van der Waals surface area contributed by atoms with Gasteiger partial charge >= 0.3 is 0 Å². The first kappa shape index (κ1) is 29.5. The molecule has 4 N–H and O–H groups in total. The summed E-state index contributed by atoms with van der Waals surface area (Å²) in [4.78, 5) is 2.00. The number of amidine groups is 2. The summed E-state index contributed by atoms with van der Waals surface area (Å²) in [6, 6.07) is 16.9. The molecule has 0 spiro atoms. The molecule has 204 valence electrons. The van der Waals surface area contributed by atoms with Crippen molar-refractivity contribution in [2.75, 3.05) is 23.1 Å². The number of sulfonamides is 1. The van der Waals surface area contributed by atoms with E-state index in [1.54, 1.807) is 18.2 Å². The molecule has 0 saturated carbocycles. The summed E-state index contributed by atoms with van der Waals surface area (Å²) in [5.74, 6) is 1.27. The molecule has 0 bridgehead atoms. The van der Waals surface area contributed by atoms with Crippen LogP contribution in [0.15, 0.2) is 54.6 Å². The van der Waals surface area contributed by atoms with E-state index >= 15 is 0 Å². The Hall–Kier alpha value is -3.01. The first-order chi connectivity index (χ1) is 17.2. The minimum atomic E-state index is -3.53. The van der Waals surface area contributed by atoms with E-state index in [-0.39, 0.29) is 48.5 Å². The zero-order valence-corrected chi connectivity index (χ0v) is 23.8. The number of benzene rings is 3. The highest BCUT2D eigenvalue weighted by Gasteiger charge is 2.38. The molecule has 0 amide bonds. The summed E-state index contributed by atoms with van der Waals surface area (Å²) >= 11 is 0. The van der Waals surface area contributed by atoms with Gasteiger partial charge in [-0.15, -0.1) is 24.8 Å². The predicted octanol–water partition coefficient (Wildman–Crippen LogP) is 4.87. The first-order valence-electron chi connectivity index (χ1n) is 12.2. The predicted molar refractivity (Wildman–Crippen MR) is 158 cm³/mol. The lowest BCUT2D eigenvalue weighted by Crippen LogP contribution is -2.33. The summed E-state index contributed by atoms with van der Waals surface area (Å²) in [6.07, 6.45) is 1.40. The molecular formula is C27H33Cl2N5O3S. The van der Waals surface area contributed by atoms with Gasteiger partial charge in [-0.3, -0.25) is 15.1 Å². The monoisotopic (exact) mass is 577 g/mol. The molecule has 2 aliphatic rings. The van der Waals surface area contributed by atoms with Crippen molar-refractivity contribution in [2.24, 2.45) is 5.73 Å². The molecule has 2 atom stereocenters. The summed E-state index contributed by atoms with van der Waals surface area (Å²) < 4.78 is 34.3. The van der Waals surface area contributed by atoms with Gasteiger partial charge in [0.1, 0.15) is 17.7 Å². The molecule has 0 aromatic heterocycles. The molecule has 1 saturated heterocycles. The minimum absolute atomic E-state index is 0. The molecule has 3 aromatic carbocycles. The normalized spacial score (nSPS) is 18.5. The molecular weight excluding hydrogens is 545 g/mol. The Labute approximate surface area is 236 Å². The highest BCUT2D eigenvalue weighted by atomic mass is 35.5. The van der Waals surface area contributed by atoms with Crippen LogP contribution in [0.1, 0.15) is 43.0 Å². The lowest BCUT2D eigenvalue weighted by atomic mass is 9.98. The van der Waals surface area contributed by atoms with E-state index in [0.717, 1.165) is 40.6 Å². The lowest BCUT2D eigenvalue weighted by Gasteiger charge is -2.27. The average Bonchev–Trinajstić information content (AvgIpc) is 3.48. The van der Waals surface area contributed by atoms with E-state index in [0.29, 0.717) is 30.1 Å². The van der Waals surface area contributed by atoms with Gasteiger partial charge in [-0.1, -0.05) is 24.3 Å². The van der Waals surface area contributed by atoms with E-state index in [1.807, 2.05) is 59.5 Å². The highest BCUT2D eigenvalue weighted by molar-refractivity contribution is 7.92. The molecule has 2 aliphatic heterocycles. The third-order valence-corrected chi connectivity index (χ3v) is 8.91. The van der Waals surface area contributed by atoms with E-state index in [1.165, 1.54) is 0 Å². The number of anilines is 1. The molecule has 0 unspecified atom stereocenters. The van der Waals surface area contributed by atoms with Gasteiger partial charge < -0.3 is 15.4 Å². The number of rotatable bonds is 6. The maximum Gasteiger partial charge on any atom is 0.235 e. The maximum absolute atomic E-state index is 13.2. The second-order valence-corrected chi connectivity index (χ2v) is 11.6. The quantitative estimate of drug-likeness (QED) is 0.285. The molecule has 0 radical (unpaired) electrons. The van der Waals surface area contributed by atoms with Crippen LogP contribution in [0.3, 0.4) is 0 Å². The molecule has 38 heavy (non-hydrogen) atoms. The van der Waals surface area contributed by atoms with Crippen molar-refractivity contribution in [3.8, 4) is 5.75 Å². The van der Waals surface area contributed by atoms with Crippen LogP contribution in [0.5, 0.6) is 5.75 Å². The molecule has 5 rings (SSSR count). The highest BCUT2D eigenvalue weighted by Crippen LogP contribution is 2.44. The molecule has 8 nitrogen and oxygen atoms in total. The second-order valence-electron chi connectivity index (χ2n) is 9.50. The number of nitrogen functional groups attached to an aromatic ring is 1. The molecule has 11 heteroatoms. The number of halogens is 2. The number of nitrogens with two attached hydrogens (primary N) is 1. The number of hydrogen-bond donors (Lipinski definition) is 3. The fraction of sp³-hybridized carbons (Fsp3) is 0.333. The summed E-state index contributed by atoms with van der Waals surface area (Å²) in [7, 11) is -3.53. The van der Waals surface area contributed by atoms with Crippen molar-refractivity contribution in [3.63, 3.8) is 0 Å². The molecule has 0 aliphatic carbocycles. The second kappa shape index (κ2) is 11.4. The van der Waals surface area contributed by atoms with Crippen LogP contribution in [-0.2, 0) is 16.4 Å². The Balaban J connectivity index is 0.00000200. The van der Waals surface area contributed by atoms with Crippen LogP contribution >= 0.6 is 24.8 Å². The Kier molecular flexibility index (Phi) is 8.86. The third kappa shape index (κ3) is 5.55. The van der Waals surface area contributed by atoms with E-state index in [4.69, 9.17) is 21.3 Å². The Morgan fingerprint density at radius 3 is 2.45 bits per heavy atom. The lowest BCUT2D eigenvalue weighted by molar-refractivity contribution is 0.214. The SMILES string of the molecule is CCS(=O)(=O)N1c2ccc(O[C@H]3CCN(C(C)=N)C3)cc2C[C@@H]1c1ccc2ccc(C(=N)N)cc2c1.Cl.Cl. The minimum Gasteiger partial charge on any atom is -0.489 e. The van der Waals surface area contributed by atoms with Gasteiger partial charge in [0.25, 0.3) is 0 Å². The molecule has 2 heterocycles. The van der Waals surface area contributed by atoms with Crippen molar-refractivity contribution in [1.82, 2.24) is 4.90 Å². The van der Waals surface area contributed by atoms with Gasteiger partial charge in [0.2, 0.25) is 10.0 Å². The van der Waals surface area contributed by atoms with Gasteiger partial charge in [0.05, 0.1) is 29.9 Å². The van der Waals surface area contributed by atoms with Gasteiger partial charge in [-0.2, -0.15) is 0 Å². The number of nitrogens with one attached hydrogen (secondary N) is 2. The first-order valence-corrected chi connectivity index (χ1v) is 13.8. The maximum atomic E-state index is 13.2. The topological polar surface area (TPSA) is 124 Å². The van der Waals surface area contributed by atoms with Crippen LogP contribution in [0, 0.1) is 10.8 Å². The summed E-state index contributed by atoms with van der Waals surface area (Å²) in [5.41, 5.74) is 8.84. The summed E-state index contributed by atoms with van der Waals surface area (Å²) in [6.45, 7) is 4.94. The van der Waals surface area contributed by atoms with Crippen molar-refractivity contribution < 1.29 is 13.2 Å². The Morgan fingerprint density at radius 2 is 1.79 bits per heavy atom. The standard InChI is InChI=1S/C27H31N5O3S.2ClH/c1-3-36(33,34)32-25-9-8-23(35-24-10-11-31(16-24)17(2)28)14-22(25)15-26(32)19-6-4-18-5-7-20(27(29)30)13-21(18)12-19;;/h4-9,12-14,24,26,28H,3,10-11,15-16H2,1-2H3,(H3,29,30);2*1H/t24-,26+;;/m0../s1. The fourth-order valence-corrected chi connectivity index (χ4v) is 6.51. The van der Waals surface area contributed by atoms with E-state index in [2.05, 4.69) is 0 Å². The van der Waals surface area contributed by atoms with Crippen molar-refractivity contribution in [1.29, 1.82) is 10.8 Å². The van der Waals surface area contributed by atoms with Gasteiger partial charge in [0.15, 0.2) is 0 Å². The smallest absolute Gasteiger partial charge is 0.235 e. The van der Waals surface area contributed by atoms with Crippen molar-refractivity contribution >= 4 is 63.0 Å². The number of likely N-dealkylation sites (tertiary alicyclic amines) is 1. The van der Waals surface area contributed by atoms with Gasteiger partial charge in [-0.25, -0.2) is 8.42 Å². The van der Waals surface area contributed by atoms with E-state index in [9.17, 15) is 8.42 Å². The van der Waals surface area contributed by atoms with Gasteiger partial charge in [0, 0.05) is 24.9 Å². The Morgan fingerprint density at radius 1 is 1.05 bits per heavy atom. The Bertz CT molecular complexity index is 1480. The molecule has 1 fully saturated rings. The number of hydrogen-bond acceptors (Lipinski definition) is 5. The zero-order valence-electron chi connectivity index (χ0n) is 21.3. The van der Waals surface area contributed by atoms with Crippen LogP contribution in [-0.4, -0.2) is 49.9 Å². The molecule has 3 aromatic rings. The number of fused-ring (bicyclic) bond motifs is 2. The van der Waals surface area contributed by atoms with Crippen LogP contribution < -0.4 is 14.8 Å². The zero-order chi connectivity index (χ0) is 25.6. The van der Waals surface area contributed by atoms with Crippen molar-refractivity contribution in [2.45, 2.75) is 38.8 Å². The largest absolute Gasteiger partial charge is 0.489 e. The van der Waals surface area contributed by atoms with Crippen LogP contribution in [0.4, 0.5) is 5.69 Å². The van der Waals surface area contributed by atoms with Gasteiger partial charge in [-0.05, 0) is 66.1 Å². The van der Waals surface area contributed by atoms with Crippen LogP contribution in [0.2, 0.25) is 0 Å².